The molecule has 1 fully saturated rings. The third kappa shape index (κ3) is 6.58. The van der Waals surface area contributed by atoms with E-state index in [2.05, 4.69) is 29.6 Å². The molecule has 0 aromatic carbocycles. The molecule has 0 spiro atoms. The molecule has 0 radical (unpaired) electrons. The van der Waals surface area contributed by atoms with Crippen LogP contribution >= 0.6 is 24.0 Å². The Labute approximate surface area is 162 Å². The van der Waals surface area contributed by atoms with Crippen LogP contribution < -0.4 is 10.6 Å². The van der Waals surface area contributed by atoms with Crippen LogP contribution in [0.5, 0.6) is 0 Å². The molecule has 24 heavy (non-hydrogen) atoms. The summed E-state index contributed by atoms with van der Waals surface area (Å²) in [5.74, 6) is 0.840. The van der Waals surface area contributed by atoms with Crippen LogP contribution in [0.1, 0.15) is 46.0 Å². The number of hydrogen-bond acceptors (Lipinski definition) is 3. The Morgan fingerprint density at radius 1 is 1.42 bits per heavy atom. The van der Waals surface area contributed by atoms with Crippen molar-refractivity contribution in [1.82, 2.24) is 20.4 Å². The molecule has 2 rings (SSSR count). The second-order valence-electron chi connectivity index (χ2n) is 6.66. The average Bonchev–Trinajstić information content (AvgIpc) is 3.05. The molecule has 1 aliphatic rings. The highest BCUT2D eigenvalue weighted by Crippen LogP contribution is 2.36. The molecule has 0 bridgehead atoms. The van der Waals surface area contributed by atoms with Crippen molar-refractivity contribution in [1.29, 1.82) is 0 Å². The van der Waals surface area contributed by atoms with E-state index in [-0.39, 0.29) is 35.5 Å². The third-order valence-corrected chi connectivity index (χ3v) is 4.64. The van der Waals surface area contributed by atoms with Gasteiger partial charge in [0.15, 0.2) is 5.96 Å². The number of aryl methyl sites for hydroxylation is 1. The summed E-state index contributed by atoms with van der Waals surface area (Å²) in [5, 5.41) is 21.1. The maximum atomic E-state index is 10.3. The number of rotatable bonds is 7. The summed E-state index contributed by atoms with van der Waals surface area (Å²) in [6, 6.07) is 1.94. The molecule has 6 nitrogen and oxygen atoms in total. The first-order valence-electron chi connectivity index (χ1n) is 8.82. The van der Waals surface area contributed by atoms with Crippen LogP contribution in [-0.4, -0.2) is 46.6 Å². The van der Waals surface area contributed by atoms with E-state index in [0.717, 1.165) is 51.3 Å². The van der Waals surface area contributed by atoms with Gasteiger partial charge in [0, 0.05) is 37.4 Å². The summed E-state index contributed by atoms with van der Waals surface area (Å²) >= 11 is 0. The van der Waals surface area contributed by atoms with Crippen molar-refractivity contribution < 1.29 is 5.11 Å². The summed E-state index contributed by atoms with van der Waals surface area (Å²) in [7, 11) is 0. The van der Waals surface area contributed by atoms with Gasteiger partial charge in [0.05, 0.1) is 12.6 Å². The van der Waals surface area contributed by atoms with Crippen LogP contribution in [0.3, 0.4) is 0 Å². The first-order chi connectivity index (χ1) is 11.1. The van der Waals surface area contributed by atoms with Crippen molar-refractivity contribution in [2.45, 2.75) is 58.6 Å². The highest BCUT2D eigenvalue weighted by molar-refractivity contribution is 14.0. The second-order valence-corrected chi connectivity index (χ2v) is 6.66. The summed E-state index contributed by atoms with van der Waals surface area (Å²) in [5.41, 5.74) is -0.0876. The third-order valence-electron chi connectivity index (χ3n) is 4.64. The first kappa shape index (κ1) is 21.2. The number of hydrogen-bond donors (Lipinski definition) is 3. The van der Waals surface area contributed by atoms with E-state index >= 15 is 0 Å². The zero-order valence-corrected chi connectivity index (χ0v) is 17.2. The summed E-state index contributed by atoms with van der Waals surface area (Å²) in [6.07, 6.45) is 8.81. The van der Waals surface area contributed by atoms with Gasteiger partial charge in [-0.05, 0) is 32.3 Å². The van der Waals surface area contributed by atoms with Crippen LogP contribution in [0.2, 0.25) is 0 Å². The van der Waals surface area contributed by atoms with Gasteiger partial charge in [0.2, 0.25) is 0 Å². The van der Waals surface area contributed by atoms with E-state index in [9.17, 15) is 5.11 Å². The standard InChI is InChI=1S/C17H31N5O.HI/c1-3-18-16(19-10-6-12-22-13-7-11-21-22)20-14-17(2)9-5-4-8-15(17)23;/h7,11,13,15,23H,3-6,8-10,12,14H2,1-2H3,(H2,18,19,20);1H. The molecule has 7 heteroatoms. The molecule has 1 aliphatic carbocycles. The molecular weight excluding hydrogens is 417 g/mol. The summed E-state index contributed by atoms with van der Waals surface area (Å²) < 4.78 is 1.94. The van der Waals surface area contributed by atoms with Crippen molar-refractivity contribution in [3.8, 4) is 0 Å². The Hall–Kier alpha value is -0.830. The van der Waals surface area contributed by atoms with Gasteiger partial charge in [-0.2, -0.15) is 5.10 Å². The van der Waals surface area contributed by atoms with Gasteiger partial charge in [0.25, 0.3) is 0 Å². The van der Waals surface area contributed by atoms with Crippen LogP contribution in [0.15, 0.2) is 23.5 Å². The van der Waals surface area contributed by atoms with Crippen LogP contribution in [0.25, 0.3) is 0 Å². The minimum absolute atomic E-state index is 0. The van der Waals surface area contributed by atoms with E-state index in [1.54, 1.807) is 6.20 Å². The Morgan fingerprint density at radius 3 is 2.92 bits per heavy atom. The van der Waals surface area contributed by atoms with Crippen LogP contribution in [0.4, 0.5) is 0 Å². The molecule has 1 aromatic rings. The predicted molar refractivity (Wildman–Crippen MR) is 109 cm³/mol. The number of guanidine groups is 1. The minimum atomic E-state index is -0.234. The van der Waals surface area contributed by atoms with Crippen molar-refractivity contribution >= 4 is 29.9 Å². The zero-order chi connectivity index (χ0) is 16.5. The lowest BCUT2D eigenvalue weighted by Gasteiger charge is -2.37. The summed E-state index contributed by atoms with van der Waals surface area (Å²) in [6.45, 7) is 7.48. The lowest BCUT2D eigenvalue weighted by molar-refractivity contribution is 0.00716. The molecule has 1 aromatic heterocycles. The van der Waals surface area contributed by atoms with E-state index in [1.165, 1.54) is 6.42 Å². The monoisotopic (exact) mass is 449 g/mol. The van der Waals surface area contributed by atoms with Crippen LogP contribution in [-0.2, 0) is 6.54 Å². The van der Waals surface area contributed by atoms with Gasteiger partial charge in [0.1, 0.15) is 0 Å². The van der Waals surface area contributed by atoms with Gasteiger partial charge in [-0.15, -0.1) is 24.0 Å². The van der Waals surface area contributed by atoms with Crippen molar-refractivity contribution in [3.63, 3.8) is 0 Å². The molecule has 1 saturated carbocycles. The fourth-order valence-electron chi connectivity index (χ4n) is 3.05. The lowest BCUT2D eigenvalue weighted by Crippen LogP contribution is -2.42. The molecule has 2 unspecified atom stereocenters. The zero-order valence-electron chi connectivity index (χ0n) is 14.9. The smallest absolute Gasteiger partial charge is 0.191 e. The highest BCUT2D eigenvalue weighted by Gasteiger charge is 2.35. The topological polar surface area (TPSA) is 74.5 Å². The predicted octanol–water partition coefficient (Wildman–Crippen LogP) is 2.39. The minimum Gasteiger partial charge on any atom is -0.392 e. The summed E-state index contributed by atoms with van der Waals surface area (Å²) in [4.78, 5) is 4.71. The molecule has 0 saturated heterocycles. The van der Waals surface area contributed by atoms with Gasteiger partial charge in [-0.3, -0.25) is 9.67 Å². The fraction of sp³-hybridized carbons (Fsp3) is 0.765. The number of nitrogens with one attached hydrogen (secondary N) is 2. The number of aromatic nitrogens is 2. The van der Waals surface area contributed by atoms with E-state index in [1.807, 2.05) is 16.9 Å². The first-order valence-corrected chi connectivity index (χ1v) is 8.82. The quantitative estimate of drug-likeness (QED) is 0.259. The van der Waals surface area contributed by atoms with Gasteiger partial charge >= 0.3 is 0 Å². The van der Waals surface area contributed by atoms with E-state index < -0.39 is 0 Å². The molecular formula is C17H32IN5O. The molecule has 138 valence electrons. The normalized spacial score (nSPS) is 24.3. The van der Waals surface area contributed by atoms with Gasteiger partial charge < -0.3 is 15.7 Å². The number of halogens is 1. The molecule has 0 amide bonds. The van der Waals surface area contributed by atoms with Crippen molar-refractivity contribution in [2.24, 2.45) is 10.4 Å². The molecule has 2 atom stereocenters. The Bertz CT molecular complexity index is 479. The highest BCUT2D eigenvalue weighted by atomic mass is 127. The van der Waals surface area contributed by atoms with Gasteiger partial charge in [-0.25, -0.2) is 0 Å². The van der Waals surface area contributed by atoms with Crippen LogP contribution in [0, 0.1) is 5.41 Å². The van der Waals surface area contributed by atoms with Crippen molar-refractivity contribution in [3.05, 3.63) is 18.5 Å². The molecule has 3 N–H and O–H groups in total. The van der Waals surface area contributed by atoms with E-state index in [0.29, 0.717) is 6.54 Å². The second kappa shape index (κ2) is 10.9. The van der Waals surface area contributed by atoms with E-state index in [4.69, 9.17) is 4.99 Å². The average molecular weight is 449 g/mol. The SMILES string of the molecule is CCNC(=NCC1(C)CCCCC1O)NCCCn1cccn1.I. The number of aliphatic imine (C=N–C) groups is 1. The Balaban J connectivity index is 0.00000288. The Kier molecular flexibility index (Phi) is 9.65. The Morgan fingerprint density at radius 2 is 2.25 bits per heavy atom. The maximum absolute atomic E-state index is 10.3. The fourth-order valence-corrected chi connectivity index (χ4v) is 3.05. The number of nitrogens with zero attached hydrogens (tertiary/aromatic N) is 3. The largest absolute Gasteiger partial charge is 0.392 e. The number of aliphatic hydroxyl groups is 1. The molecule has 0 aliphatic heterocycles. The maximum Gasteiger partial charge on any atom is 0.191 e. The van der Waals surface area contributed by atoms with Gasteiger partial charge in [-0.1, -0.05) is 19.8 Å². The van der Waals surface area contributed by atoms with Crippen molar-refractivity contribution in [2.75, 3.05) is 19.6 Å². The lowest BCUT2D eigenvalue weighted by atomic mass is 9.73. The number of aliphatic hydroxyl groups excluding tert-OH is 1. The molecule has 1 heterocycles.